The highest BCUT2D eigenvalue weighted by molar-refractivity contribution is 8.08. The highest BCUT2D eigenvalue weighted by Crippen LogP contribution is 2.16. The lowest BCUT2D eigenvalue weighted by Gasteiger charge is -2.26. The molecule has 14 heavy (non-hydrogen) atoms. The summed E-state index contributed by atoms with van der Waals surface area (Å²) in [5.41, 5.74) is 1.03. The maximum atomic E-state index is 11.4. The summed E-state index contributed by atoms with van der Waals surface area (Å²) in [5.74, 6) is 0. The molecule has 0 unspecified atom stereocenters. The third-order valence-electron chi connectivity index (χ3n) is 2.61. The Kier molecular flexibility index (Phi) is 2.69. The van der Waals surface area contributed by atoms with E-state index >= 15 is 0 Å². The van der Waals surface area contributed by atoms with Gasteiger partial charge in [0, 0.05) is 12.7 Å². The van der Waals surface area contributed by atoms with Crippen LogP contribution in [0.3, 0.4) is 0 Å². The molecule has 0 aromatic carbocycles. The first-order valence-electron chi connectivity index (χ1n) is 4.88. The van der Waals surface area contributed by atoms with Gasteiger partial charge in [0.1, 0.15) is 5.55 Å². The van der Waals surface area contributed by atoms with Crippen molar-refractivity contribution in [2.45, 2.75) is 19.3 Å². The van der Waals surface area contributed by atoms with E-state index in [9.17, 15) is 8.42 Å². The standard InChI is InChI=1S/C9H14N2O2S/c12-14(13)8-10-6-9(14)7-11-4-2-1-3-5-11/h6,8H,1-5,7H2. The van der Waals surface area contributed by atoms with Gasteiger partial charge in [-0.3, -0.25) is 9.89 Å². The normalized spacial score (nSPS) is 26.4. The van der Waals surface area contributed by atoms with Crippen molar-refractivity contribution in [2.24, 2.45) is 4.99 Å². The van der Waals surface area contributed by atoms with E-state index in [0.717, 1.165) is 18.6 Å². The number of nitrogens with zero attached hydrogens (tertiary/aromatic N) is 2. The van der Waals surface area contributed by atoms with Gasteiger partial charge in [0.2, 0.25) is 9.84 Å². The quantitative estimate of drug-likeness (QED) is 0.682. The Bertz CT molecular complexity index is 364. The molecule has 0 bridgehead atoms. The van der Waals surface area contributed by atoms with E-state index in [-0.39, 0.29) is 0 Å². The van der Waals surface area contributed by atoms with Gasteiger partial charge in [-0.25, -0.2) is 8.42 Å². The van der Waals surface area contributed by atoms with Crippen molar-refractivity contribution in [2.75, 3.05) is 19.6 Å². The van der Waals surface area contributed by atoms with Gasteiger partial charge in [0.25, 0.3) is 0 Å². The SMILES string of the molecule is O=S1(=O)C=NC=C1CN1CCCCC1. The first-order valence-corrected chi connectivity index (χ1v) is 6.43. The van der Waals surface area contributed by atoms with Crippen molar-refractivity contribution in [1.82, 2.24) is 4.90 Å². The van der Waals surface area contributed by atoms with Crippen LogP contribution in [-0.2, 0) is 9.84 Å². The van der Waals surface area contributed by atoms with E-state index in [1.807, 2.05) is 0 Å². The van der Waals surface area contributed by atoms with E-state index in [1.165, 1.54) is 25.5 Å². The molecule has 0 atom stereocenters. The average molecular weight is 214 g/mol. The molecule has 0 N–H and O–H groups in total. The lowest BCUT2D eigenvalue weighted by molar-refractivity contribution is 0.249. The van der Waals surface area contributed by atoms with Crippen LogP contribution in [0, 0.1) is 0 Å². The van der Waals surface area contributed by atoms with Gasteiger partial charge in [-0.1, -0.05) is 6.42 Å². The monoisotopic (exact) mass is 214 g/mol. The molecule has 0 aromatic rings. The summed E-state index contributed by atoms with van der Waals surface area (Å²) in [6, 6.07) is 0. The fourth-order valence-electron chi connectivity index (χ4n) is 1.80. The van der Waals surface area contributed by atoms with E-state index in [4.69, 9.17) is 0 Å². The first-order chi connectivity index (χ1) is 6.68. The summed E-state index contributed by atoms with van der Waals surface area (Å²) < 4.78 is 22.8. The zero-order valence-corrected chi connectivity index (χ0v) is 8.83. The minimum Gasteiger partial charge on any atom is -0.298 e. The van der Waals surface area contributed by atoms with Crippen molar-refractivity contribution < 1.29 is 8.42 Å². The highest BCUT2D eigenvalue weighted by Gasteiger charge is 2.22. The van der Waals surface area contributed by atoms with Crippen molar-refractivity contribution in [3.63, 3.8) is 0 Å². The Morgan fingerprint density at radius 2 is 2.00 bits per heavy atom. The van der Waals surface area contributed by atoms with Gasteiger partial charge >= 0.3 is 0 Å². The van der Waals surface area contributed by atoms with Gasteiger partial charge in [-0.15, -0.1) is 0 Å². The molecule has 78 valence electrons. The molecular formula is C9H14N2O2S. The van der Waals surface area contributed by atoms with Gasteiger partial charge in [-0.2, -0.15) is 0 Å². The van der Waals surface area contributed by atoms with Crippen LogP contribution < -0.4 is 0 Å². The van der Waals surface area contributed by atoms with Crippen LogP contribution >= 0.6 is 0 Å². The molecule has 0 radical (unpaired) electrons. The maximum absolute atomic E-state index is 11.4. The minimum atomic E-state index is -3.16. The van der Waals surface area contributed by atoms with Crippen LogP contribution in [0.25, 0.3) is 0 Å². The lowest BCUT2D eigenvalue weighted by Crippen LogP contribution is -2.32. The Labute approximate surface area is 84.2 Å². The van der Waals surface area contributed by atoms with Crippen LogP contribution in [0.2, 0.25) is 0 Å². The Balaban J connectivity index is 1.98. The minimum absolute atomic E-state index is 0.444. The van der Waals surface area contributed by atoms with Gasteiger partial charge in [-0.05, 0) is 25.9 Å². The third kappa shape index (κ3) is 2.04. The first kappa shape index (κ1) is 9.86. The molecule has 1 saturated heterocycles. The average Bonchev–Trinajstić information content (AvgIpc) is 2.48. The largest absolute Gasteiger partial charge is 0.298 e. The second-order valence-corrected chi connectivity index (χ2v) is 5.56. The van der Waals surface area contributed by atoms with E-state index in [2.05, 4.69) is 9.89 Å². The molecule has 5 heteroatoms. The van der Waals surface area contributed by atoms with Crippen molar-refractivity contribution >= 4 is 15.4 Å². The summed E-state index contributed by atoms with van der Waals surface area (Å²) in [5, 5.41) is 0. The molecule has 1 fully saturated rings. The Morgan fingerprint density at radius 1 is 1.29 bits per heavy atom. The fourth-order valence-corrected chi connectivity index (χ4v) is 2.73. The summed E-state index contributed by atoms with van der Waals surface area (Å²) >= 11 is 0. The molecule has 0 spiro atoms. The molecule has 2 aliphatic rings. The number of sulfone groups is 1. The number of rotatable bonds is 2. The molecule has 2 aliphatic heterocycles. The number of piperidine rings is 1. The Hall–Kier alpha value is -0.680. The summed E-state index contributed by atoms with van der Waals surface area (Å²) in [6.07, 6.45) is 5.07. The zero-order chi connectivity index (χ0) is 10.0. The number of hydrogen-bond donors (Lipinski definition) is 0. The van der Waals surface area contributed by atoms with Gasteiger partial charge in [0.05, 0.1) is 4.91 Å². The number of hydrogen-bond acceptors (Lipinski definition) is 4. The van der Waals surface area contributed by atoms with Gasteiger partial charge in [0.15, 0.2) is 0 Å². The van der Waals surface area contributed by atoms with Crippen LogP contribution in [0.4, 0.5) is 0 Å². The molecule has 0 saturated carbocycles. The van der Waals surface area contributed by atoms with Crippen molar-refractivity contribution in [1.29, 1.82) is 0 Å². The van der Waals surface area contributed by atoms with Gasteiger partial charge < -0.3 is 0 Å². The fraction of sp³-hybridized carbons (Fsp3) is 0.667. The summed E-state index contributed by atoms with van der Waals surface area (Å²) in [4.78, 5) is 6.31. The summed E-state index contributed by atoms with van der Waals surface area (Å²) in [6.45, 7) is 2.54. The predicted molar refractivity (Wildman–Crippen MR) is 55.8 cm³/mol. The van der Waals surface area contributed by atoms with E-state index in [1.54, 1.807) is 0 Å². The topological polar surface area (TPSA) is 49.7 Å². The predicted octanol–water partition coefficient (Wildman–Crippen LogP) is 0.770. The molecule has 2 heterocycles. The molecule has 4 nitrogen and oxygen atoms in total. The van der Waals surface area contributed by atoms with E-state index in [0.29, 0.717) is 11.4 Å². The molecule has 0 amide bonds. The molecule has 0 aromatic heterocycles. The van der Waals surface area contributed by atoms with Crippen LogP contribution in [0.15, 0.2) is 16.1 Å². The summed E-state index contributed by atoms with van der Waals surface area (Å²) in [7, 11) is -3.16. The second-order valence-electron chi connectivity index (χ2n) is 3.73. The van der Waals surface area contributed by atoms with Crippen LogP contribution in [0.1, 0.15) is 19.3 Å². The lowest BCUT2D eigenvalue weighted by atomic mass is 10.1. The maximum Gasteiger partial charge on any atom is 0.215 e. The molecular weight excluding hydrogens is 200 g/mol. The molecule has 0 aliphatic carbocycles. The van der Waals surface area contributed by atoms with Crippen LogP contribution in [-0.4, -0.2) is 38.5 Å². The zero-order valence-electron chi connectivity index (χ0n) is 8.02. The highest BCUT2D eigenvalue weighted by atomic mass is 32.2. The van der Waals surface area contributed by atoms with Crippen LogP contribution in [0.5, 0.6) is 0 Å². The van der Waals surface area contributed by atoms with Crippen molar-refractivity contribution in [3.8, 4) is 0 Å². The number of likely N-dealkylation sites (tertiary alicyclic amines) is 1. The Morgan fingerprint density at radius 3 is 2.57 bits per heavy atom. The number of aliphatic imine (C=N–C) groups is 1. The third-order valence-corrected chi connectivity index (χ3v) is 3.98. The second kappa shape index (κ2) is 3.82. The van der Waals surface area contributed by atoms with E-state index < -0.39 is 9.84 Å². The smallest absolute Gasteiger partial charge is 0.215 e. The van der Waals surface area contributed by atoms with Crippen molar-refractivity contribution in [3.05, 3.63) is 11.1 Å². The molecule has 2 rings (SSSR count).